The van der Waals surface area contributed by atoms with E-state index in [1.54, 1.807) is 12.3 Å². The highest BCUT2D eigenvalue weighted by Crippen LogP contribution is 2.20. The molecule has 1 N–H and O–H groups in total. The molecule has 1 fully saturated rings. The molecule has 0 saturated heterocycles. The first-order chi connectivity index (χ1) is 10.3. The maximum Gasteiger partial charge on any atom is 0.128 e. The van der Waals surface area contributed by atoms with Crippen molar-refractivity contribution >= 4 is 0 Å². The Morgan fingerprint density at radius 2 is 2.24 bits per heavy atom. The van der Waals surface area contributed by atoms with Crippen molar-refractivity contribution in [1.29, 1.82) is 0 Å². The van der Waals surface area contributed by atoms with Crippen molar-refractivity contribution < 1.29 is 4.39 Å². The third kappa shape index (κ3) is 3.70. The van der Waals surface area contributed by atoms with Crippen LogP contribution in [0.2, 0.25) is 0 Å². The van der Waals surface area contributed by atoms with Gasteiger partial charge in [-0.25, -0.2) is 9.37 Å². The molecular weight excluding hydrogens is 265 g/mol. The van der Waals surface area contributed by atoms with E-state index >= 15 is 0 Å². The third-order valence-electron chi connectivity index (χ3n) is 3.90. The first-order valence-corrected chi connectivity index (χ1v) is 7.77. The second-order valence-electron chi connectivity index (χ2n) is 5.80. The summed E-state index contributed by atoms with van der Waals surface area (Å²) in [7, 11) is 0. The maximum atomic E-state index is 14.0. The van der Waals surface area contributed by atoms with Crippen LogP contribution in [0.5, 0.6) is 0 Å². The minimum atomic E-state index is -0.138. The molecule has 112 valence electrons. The normalized spacial score (nSPS) is 14.6. The Labute approximate surface area is 125 Å². The van der Waals surface area contributed by atoms with E-state index in [0.29, 0.717) is 12.6 Å². The molecule has 0 radical (unpaired) electrons. The van der Waals surface area contributed by atoms with E-state index in [1.807, 2.05) is 22.9 Å². The van der Waals surface area contributed by atoms with Crippen molar-refractivity contribution in [2.24, 2.45) is 0 Å². The number of halogens is 1. The van der Waals surface area contributed by atoms with Crippen molar-refractivity contribution in [2.75, 3.05) is 0 Å². The fourth-order valence-electron chi connectivity index (χ4n) is 2.53. The van der Waals surface area contributed by atoms with E-state index in [1.165, 1.54) is 12.8 Å². The summed E-state index contributed by atoms with van der Waals surface area (Å²) in [4.78, 5) is 4.35. The topological polar surface area (TPSA) is 29.9 Å². The number of nitrogens with zero attached hydrogens (tertiary/aromatic N) is 2. The summed E-state index contributed by atoms with van der Waals surface area (Å²) in [6.45, 7) is 3.51. The Morgan fingerprint density at radius 1 is 1.38 bits per heavy atom. The molecule has 0 aliphatic heterocycles. The number of hydrogen-bond acceptors (Lipinski definition) is 2. The first-order valence-electron chi connectivity index (χ1n) is 7.77. The van der Waals surface area contributed by atoms with Gasteiger partial charge in [-0.3, -0.25) is 0 Å². The molecule has 1 heterocycles. The van der Waals surface area contributed by atoms with Gasteiger partial charge in [-0.15, -0.1) is 0 Å². The molecule has 21 heavy (non-hydrogen) atoms. The van der Waals surface area contributed by atoms with Crippen LogP contribution >= 0.6 is 0 Å². The standard InChI is InChI=1S/C17H22FN3/c1-2-3-17-19-8-9-21(17)12-14-10-13(4-7-16(14)18)11-20-15-5-6-15/h4,7-10,15,20H,2-3,5-6,11-12H2,1H3. The number of rotatable bonds is 7. The average molecular weight is 287 g/mol. The Kier molecular flexibility index (Phi) is 4.34. The van der Waals surface area contributed by atoms with E-state index in [2.05, 4.69) is 17.2 Å². The van der Waals surface area contributed by atoms with E-state index < -0.39 is 0 Å². The van der Waals surface area contributed by atoms with Gasteiger partial charge < -0.3 is 9.88 Å². The van der Waals surface area contributed by atoms with Crippen molar-refractivity contribution in [1.82, 2.24) is 14.9 Å². The van der Waals surface area contributed by atoms with Crippen molar-refractivity contribution in [3.8, 4) is 0 Å². The van der Waals surface area contributed by atoms with Crippen LogP contribution in [0.25, 0.3) is 0 Å². The second-order valence-corrected chi connectivity index (χ2v) is 5.80. The number of aromatic nitrogens is 2. The van der Waals surface area contributed by atoms with Gasteiger partial charge in [-0.2, -0.15) is 0 Å². The largest absolute Gasteiger partial charge is 0.330 e. The molecule has 3 nitrogen and oxygen atoms in total. The maximum absolute atomic E-state index is 14.0. The predicted octanol–water partition coefficient (Wildman–Crippen LogP) is 3.28. The van der Waals surface area contributed by atoms with Crippen LogP contribution in [0.4, 0.5) is 4.39 Å². The van der Waals surface area contributed by atoms with Gasteiger partial charge in [0.25, 0.3) is 0 Å². The zero-order valence-corrected chi connectivity index (χ0v) is 12.5. The lowest BCUT2D eigenvalue weighted by Crippen LogP contribution is -2.15. The fraction of sp³-hybridized carbons (Fsp3) is 0.471. The van der Waals surface area contributed by atoms with E-state index in [4.69, 9.17) is 0 Å². The number of benzene rings is 1. The summed E-state index contributed by atoms with van der Waals surface area (Å²) in [6.07, 6.45) is 8.23. The SMILES string of the molecule is CCCc1nccn1Cc1cc(CNC2CC2)ccc1F. The lowest BCUT2D eigenvalue weighted by atomic mass is 10.1. The lowest BCUT2D eigenvalue weighted by molar-refractivity contribution is 0.590. The van der Waals surface area contributed by atoms with Gasteiger partial charge in [0, 0.05) is 37.0 Å². The monoisotopic (exact) mass is 287 g/mol. The third-order valence-corrected chi connectivity index (χ3v) is 3.90. The Hall–Kier alpha value is -1.68. The molecule has 1 saturated carbocycles. The van der Waals surface area contributed by atoms with Crippen LogP contribution in [-0.4, -0.2) is 15.6 Å². The summed E-state index contributed by atoms with van der Waals surface area (Å²) >= 11 is 0. The van der Waals surface area contributed by atoms with Gasteiger partial charge in [-0.05, 0) is 37.0 Å². The molecule has 2 aromatic rings. The number of aryl methyl sites for hydroxylation is 1. The molecule has 0 atom stereocenters. The predicted molar refractivity (Wildman–Crippen MR) is 81.6 cm³/mol. The van der Waals surface area contributed by atoms with Gasteiger partial charge in [0.05, 0.1) is 6.54 Å². The smallest absolute Gasteiger partial charge is 0.128 e. The van der Waals surface area contributed by atoms with Crippen LogP contribution in [0, 0.1) is 5.82 Å². The highest BCUT2D eigenvalue weighted by Gasteiger charge is 2.20. The molecule has 3 rings (SSSR count). The van der Waals surface area contributed by atoms with Crippen LogP contribution in [0.1, 0.15) is 43.1 Å². The number of imidazole rings is 1. The van der Waals surface area contributed by atoms with E-state index in [0.717, 1.165) is 36.3 Å². The fourth-order valence-corrected chi connectivity index (χ4v) is 2.53. The molecule has 0 spiro atoms. The Balaban J connectivity index is 1.73. The van der Waals surface area contributed by atoms with E-state index in [9.17, 15) is 4.39 Å². The van der Waals surface area contributed by atoms with Gasteiger partial charge in [-0.1, -0.05) is 13.0 Å². The minimum absolute atomic E-state index is 0.138. The zero-order chi connectivity index (χ0) is 14.7. The lowest BCUT2D eigenvalue weighted by Gasteiger charge is -2.11. The summed E-state index contributed by atoms with van der Waals surface area (Å²) in [5, 5.41) is 3.47. The van der Waals surface area contributed by atoms with Crippen LogP contribution in [0.15, 0.2) is 30.6 Å². The summed E-state index contributed by atoms with van der Waals surface area (Å²) < 4.78 is 16.1. The minimum Gasteiger partial charge on any atom is -0.330 e. The molecule has 0 unspecified atom stereocenters. The zero-order valence-electron chi connectivity index (χ0n) is 12.5. The second kappa shape index (κ2) is 6.39. The van der Waals surface area contributed by atoms with Gasteiger partial charge in [0.1, 0.15) is 11.6 Å². The molecule has 1 aromatic heterocycles. The van der Waals surface area contributed by atoms with Gasteiger partial charge in [0.15, 0.2) is 0 Å². The van der Waals surface area contributed by atoms with Crippen LogP contribution < -0.4 is 5.32 Å². The molecule has 4 heteroatoms. The Bertz CT molecular complexity index is 602. The van der Waals surface area contributed by atoms with Gasteiger partial charge in [0.2, 0.25) is 0 Å². The Morgan fingerprint density at radius 3 is 3.00 bits per heavy atom. The highest BCUT2D eigenvalue weighted by molar-refractivity contribution is 5.26. The summed E-state index contributed by atoms with van der Waals surface area (Å²) in [5.41, 5.74) is 1.89. The molecule has 1 aliphatic carbocycles. The molecule has 0 amide bonds. The molecule has 0 bridgehead atoms. The summed E-state index contributed by atoms with van der Waals surface area (Å²) in [5.74, 6) is 0.889. The molecule has 1 aliphatic rings. The number of nitrogens with one attached hydrogen (secondary N) is 1. The highest BCUT2D eigenvalue weighted by atomic mass is 19.1. The summed E-state index contributed by atoms with van der Waals surface area (Å²) in [6, 6.07) is 6.09. The van der Waals surface area contributed by atoms with Crippen molar-refractivity contribution in [2.45, 2.75) is 51.7 Å². The number of hydrogen-bond donors (Lipinski definition) is 1. The van der Waals surface area contributed by atoms with Crippen LogP contribution in [-0.2, 0) is 19.5 Å². The quantitative estimate of drug-likeness (QED) is 0.847. The van der Waals surface area contributed by atoms with E-state index in [-0.39, 0.29) is 5.82 Å². The average Bonchev–Trinajstić information content (AvgIpc) is 3.21. The molecule has 1 aromatic carbocycles. The first kappa shape index (κ1) is 14.3. The molecular formula is C17H22FN3. The van der Waals surface area contributed by atoms with Crippen LogP contribution in [0.3, 0.4) is 0 Å². The van der Waals surface area contributed by atoms with Crippen molar-refractivity contribution in [3.05, 3.63) is 53.4 Å². The van der Waals surface area contributed by atoms with Crippen molar-refractivity contribution in [3.63, 3.8) is 0 Å². The van der Waals surface area contributed by atoms with Gasteiger partial charge >= 0.3 is 0 Å².